The summed E-state index contributed by atoms with van der Waals surface area (Å²) in [4.78, 5) is 0. The summed E-state index contributed by atoms with van der Waals surface area (Å²) in [6.45, 7) is 9.47. The zero-order chi connectivity index (χ0) is 14.4. The van der Waals surface area contributed by atoms with Crippen molar-refractivity contribution in [2.24, 2.45) is 0 Å². The summed E-state index contributed by atoms with van der Waals surface area (Å²) in [6.07, 6.45) is 0.745. The standard InChI is InChI=1S/C15H21F2NO/c1-9-6-11(17)12(7-10(9)16)18-13-8-14(2,3)19-15(13,4)5/h6-7,13,18H,8H2,1-5H3. The third kappa shape index (κ3) is 2.89. The van der Waals surface area contributed by atoms with Gasteiger partial charge in [0.1, 0.15) is 11.6 Å². The van der Waals surface area contributed by atoms with E-state index in [0.29, 0.717) is 5.56 Å². The van der Waals surface area contributed by atoms with Crippen LogP contribution in [0, 0.1) is 18.6 Å². The molecular formula is C15H21F2NO. The third-order valence-electron chi connectivity index (χ3n) is 3.65. The quantitative estimate of drug-likeness (QED) is 0.875. The molecule has 0 aromatic heterocycles. The Hall–Kier alpha value is -1.16. The third-order valence-corrected chi connectivity index (χ3v) is 3.65. The van der Waals surface area contributed by atoms with Crippen molar-refractivity contribution in [1.29, 1.82) is 0 Å². The molecule has 1 heterocycles. The van der Waals surface area contributed by atoms with Crippen LogP contribution in [-0.4, -0.2) is 17.2 Å². The van der Waals surface area contributed by atoms with Crippen molar-refractivity contribution in [2.75, 3.05) is 5.32 Å². The van der Waals surface area contributed by atoms with Crippen LogP contribution >= 0.6 is 0 Å². The Morgan fingerprint density at radius 2 is 1.79 bits per heavy atom. The van der Waals surface area contributed by atoms with E-state index in [0.717, 1.165) is 6.42 Å². The van der Waals surface area contributed by atoms with Gasteiger partial charge >= 0.3 is 0 Å². The minimum Gasteiger partial charge on any atom is -0.377 e. The van der Waals surface area contributed by atoms with Gasteiger partial charge in [-0.25, -0.2) is 8.78 Å². The number of benzene rings is 1. The van der Waals surface area contributed by atoms with Crippen LogP contribution in [0.15, 0.2) is 12.1 Å². The molecule has 1 aliphatic rings. The van der Waals surface area contributed by atoms with Crippen molar-refractivity contribution in [3.05, 3.63) is 29.3 Å². The zero-order valence-corrected chi connectivity index (χ0v) is 12.1. The number of halogens is 2. The predicted octanol–water partition coefficient (Wildman–Crippen LogP) is 4.03. The molecule has 0 amide bonds. The molecule has 1 N–H and O–H groups in total. The lowest BCUT2D eigenvalue weighted by molar-refractivity contribution is -0.0662. The van der Waals surface area contributed by atoms with E-state index in [1.165, 1.54) is 12.1 Å². The monoisotopic (exact) mass is 269 g/mol. The fourth-order valence-corrected chi connectivity index (χ4v) is 2.73. The predicted molar refractivity (Wildman–Crippen MR) is 72.4 cm³/mol. The SMILES string of the molecule is Cc1cc(F)c(NC2CC(C)(C)OC2(C)C)cc1F. The molecule has 2 nitrogen and oxygen atoms in total. The van der Waals surface area contributed by atoms with Gasteiger partial charge in [-0.2, -0.15) is 0 Å². The van der Waals surface area contributed by atoms with Gasteiger partial charge in [0.2, 0.25) is 0 Å². The van der Waals surface area contributed by atoms with E-state index in [1.54, 1.807) is 6.92 Å². The molecule has 1 aromatic rings. The second-order valence-corrected chi connectivity index (χ2v) is 6.45. The molecule has 2 rings (SSSR count). The van der Waals surface area contributed by atoms with Crippen molar-refractivity contribution >= 4 is 5.69 Å². The summed E-state index contributed by atoms with van der Waals surface area (Å²) in [6, 6.07) is 2.37. The van der Waals surface area contributed by atoms with Crippen LogP contribution < -0.4 is 5.32 Å². The molecule has 0 bridgehead atoms. The lowest BCUT2D eigenvalue weighted by Gasteiger charge is -2.28. The fourth-order valence-electron chi connectivity index (χ4n) is 2.73. The lowest BCUT2D eigenvalue weighted by Crippen LogP contribution is -2.38. The Labute approximate surface area is 113 Å². The molecule has 1 aromatic carbocycles. The first kappa shape index (κ1) is 14.3. The van der Waals surface area contributed by atoms with Crippen LogP contribution in [0.4, 0.5) is 14.5 Å². The second kappa shape index (κ2) is 4.44. The van der Waals surface area contributed by atoms with Crippen LogP contribution in [0.3, 0.4) is 0 Å². The van der Waals surface area contributed by atoms with E-state index in [-0.39, 0.29) is 17.3 Å². The molecule has 0 saturated carbocycles. The van der Waals surface area contributed by atoms with E-state index < -0.39 is 17.2 Å². The number of hydrogen-bond donors (Lipinski definition) is 1. The average molecular weight is 269 g/mol. The first-order chi connectivity index (χ1) is 8.61. The summed E-state index contributed by atoms with van der Waals surface area (Å²) in [5, 5.41) is 3.08. The van der Waals surface area contributed by atoms with Gasteiger partial charge in [-0.3, -0.25) is 0 Å². The minimum absolute atomic E-state index is 0.0564. The summed E-state index contributed by atoms with van der Waals surface area (Å²) < 4.78 is 33.3. The number of hydrogen-bond acceptors (Lipinski definition) is 2. The highest BCUT2D eigenvalue weighted by Gasteiger charge is 2.46. The van der Waals surface area contributed by atoms with Crippen molar-refractivity contribution in [3.63, 3.8) is 0 Å². The maximum absolute atomic E-state index is 13.9. The van der Waals surface area contributed by atoms with Crippen LogP contribution in [-0.2, 0) is 4.74 Å². The number of nitrogens with one attached hydrogen (secondary N) is 1. The summed E-state index contributed by atoms with van der Waals surface area (Å²) in [5.74, 6) is -0.834. The number of ether oxygens (including phenoxy) is 1. The van der Waals surface area contributed by atoms with Crippen LogP contribution in [0.25, 0.3) is 0 Å². The molecule has 19 heavy (non-hydrogen) atoms. The molecule has 0 aliphatic carbocycles. The summed E-state index contributed by atoms with van der Waals surface area (Å²) in [7, 11) is 0. The number of rotatable bonds is 2. The largest absolute Gasteiger partial charge is 0.377 e. The lowest BCUT2D eigenvalue weighted by atomic mass is 9.94. The van der Waals surface area contributed by atoms with Gasteiger partial charge in [0, 0.05) is 6.07 Å². The minimum atomic E-state index is -0.431. The highest BCUT2D eigenvalue weighted by molar-refractivity contribution is 5.48. The molecule has 0 spiro atoms. The molecule has 1 unspecified atom stereocenters. The van der Waals surface area contributed by atoms with Crippen molar-refractivity contribution in [3.8, 4) is 0 Å². The van der Waals surface area contributed by atoms with E-state index in [2.05, 4.69) is 5.32 Å². The highest BCUT2D eigenvalue weighted by Crippen LogP contribution is 2.39. The van der Waals surface area contributed by atoms with Crippen molar-refractivity contribution < 1.29 is 13.5 Å². The molecular weight excluding hydrogens is 248 g/mol. The Morgan fingerprint density at radius 3 is 2.32 bits per heavy atom. The topological polar surface area (TPSA) is 21.3 Å². The van der Waals surface area contributed by atoms with E-state index in [9.17, 15) is 8.78 Å². The van der Waals surface area contributed by atoms with Gasteiger partial charge in [0.05, 0.1) is 22.9 Å². The molecule has 1 fully saturated rings. The normalized spacial score (nSPS) is 24.5. The van der Waals surface area contributed by atoms with Gasteiger partial charge in [0.25, 0.3) is 0 Å². The Kier molecular flexibility index (Phi) is 3.33. The van der Waals surface area contributed by atoms with E-state index in [1.807, 2.05) is 27.7 Å². The molecule has 1 saturated heterocycles. The fraction of sp³-hybridized carbons (Fsp3) is 0.600. The Balaban J connectivity index is 2.25. The molecule has 106 valence electrons. The first-order valence-corrected chi connectivity index (χ1v) is 6.53. The molecule has 1 aliphatic heterocycles. The molecule has 4 heteroatoms. The second-order valence-electron chi connectivity index (χ2n) is 6.45. The van der Waals surface area contributed by atoms with Gasteiger partial charge in [-0.15, -0.1) is 0 Å². The van der Waals surface area contributed by atoms with Gasteiger partial charge in [-0.1, -0.05) is 0 Å². The molecule has 0 radical (unpaired) electrons. The summed E-state index contributed by atoms with van der Waals surface area (Å²) >= 11 is 0. The molecule has 1 atom stereocenters. The number of aryl methyl sites for hydroxylation is 1. The Bertz CT molecular complexity index is 497. The van der Waals surface area contributed by atoms with E-state index >= 15 is 0 Å². The smallest absolute Gasteiger partial charge is 0.146 e. The van der Waals surface area contributed by atoms with Crippen LogP contribution in [0.1, 0.15) is 39.7 Å². The highest BCUT2D eigenvalue weighted by atomic mass is 19.1. The van der Waals surface area contributed by atoms with E-state index in [4.69, 9.17) is 4.74 Å². The van der Waals surface area contributed by atoms with Gasteiger partial charge in [0.15, 0.2) is 0 Å². The van der Waals surface area contributed by atoms with Gasteiger partial charge < -0.3 is 10.1 Å². The van der Waals surface area contributed by atoms with Crippen LogP contribution in [0.5, 0.6) is 0 Å². The summed E-state index contributed by atoms with van der Waals surface area (Å²) in [5.41, 5.74) is -0.175. The maximum atomic E-state index is 13.9. The van der Waals surface area contributed by atoms with Gasteiger partial charge in [-0.05, 0) is 52.7 Å². The zero-order valence-electron chi connectivity index (χ0n) is 12.1. The number of anilines is 1. The average Bonchev–Trinajstić information content (AvgIpc) is 2.43. The van der Waals surface area contributed by atoms with Crippen molar-refractivity contribution in [2.45, 2.75) is 58.3 Å². The van der Waals surface area contributed by atoms with Crippen molar-refractivity contribution in [1.82, 2.24) is 0 Å². The maximum Gasteiger partial charge on any atom is 0.146 e. The van der Waals surface area contributed by atoms with Crippen LogP contribution in [0.2, 0.25) is 0 Å². The first-order valence-electron chi connectivity index (χ1n) is 6.53. The Morgan fingerprint density at radius 1 is 1.16 bits per heavy atom.